The Hall–Kier alpha value is -1.98. The average molecular weight is 644 g/mol. The number of ether oxygens (including phenoxy) is 5. The zero-order chi connectivity index (χ0) is 32.2. The van der Waals surface area contributed by atoms with Gasteiger partial charge in [0.25, 0.3) is 5.91 Å². The molecule has 0 heterocycles. The van der Waals surface area contributed by atoms with Gasteiger partial charge in [0.1, 0.15) is 24.4 Å². The molecule has 0 fully saturated rings. The summed E-state index contributed by atoms with van der Waals surface area (Å²) >= 11 is 0. The van der Waals surface area contributed by atoms with Crippen molar-refractivity contribution in [2.75, 3.05) is 65.9 Å². The van der Waals surface area contributed by atoms with E-state index in [0.717, 1.165) is 32.5 Å². The second-order valence-corrected chi connectivity index (χ2v) is 13.6. The summed E-state index contributed by atoms with van der Waals surface area (Å²) in [7, 11) is 3.38. The van der Waals surface area contributed by atoms with Gasteiger partial charge in [-0.3, -0.25) is 9.59 Å². The molecule has 1 rings (SSSR count). The number of primary amides is 1. The standard InChI is InChI=1S/C30H50N2O6S2.CH3NO/c1-25(2)11-10-18-34-16-7-6-8-17-35-19-20-36-21-22-37-28(39-40-30(3,4)5)24-38-27-13-9-12-26(23-27)29(33)32-15-14-31;2-1-3/h9,12-13,23,25,28H,6-8,14-22,24,31H2,1-5H3,(H,32,33);1H,(H2,2,3). The molecule has 43 heavy (non-hydrogen) atoms. The molecule has 0 aliphatic rings. The number of hydrogen-bond acceptors (Lipinski definition) is 10. The van der Waals surface area contributed by atoms with Gasteiger partial charge in [0.05, 0.1) is 26.4 Å². The summed E-state index contributed by atoms with van der Waals surface area (Å²) in [5.74, 6) is 6.95. The summed E-state index contributed by atoms with van der Waals surface area (Å²) in [6.45, 7) is 15.8. The third-order valence-corrected chi connectivity index (χ3v) is 8.38. The molecule has 246 valence electrons. The molecule has 12 heteroatoms. The van der Waals surface area contributed by atoms with Crippen LogP contribution in [-0.4, -0.2) is 88.4 Å². The molecule has 0 radical (unpaired) electrons. The SMILES string of the molecule is CC(C)C#CCOCCCCCOCCOCCOC(COc1cccc(C(=O)NCCN)c1)SSC(C)(C)C.NC=O. The van der Waals surface area contributed by atoms with Gasteiger partial charge in [0.15, 0.2) is 0 Å². The number of nitrogens with two attached hydrogens (primary N) is 2. The lowest BCUT2D eigenvalue weighted by Crippen LogP contribution is -2.29. The molecule has 0 saturated carbocycles. The summed E-state index contributed by atoms with van der Waals surface area (Å²) in [6, 6.07) is 7.11. The normalized spacial score (nSPS) is 11.6. The fraction of sp³-hybridized carbons (Fsp3) is 0.677. The maximum Gasteiger partial charge on any atom is 0.251 e. The van der Waals surface area contributed by atoms with Gasteiger partial charge in [-0.1, -0.05) is 74.1 Å². The van der Waals surface area contributed by atoms with Crippen LogP contribution in [-0.2, 0) is 23.7 Å². The van der Waals surface area contributed by atoms with E-state index in [0.29, 0.717) is 70.0 Å². The number of amides is 2. The fourth-order valence-electron chi connectivity index (χ4n) is 3.00. The number of hydrogen-bond donors (Lipinski definition) is 3. The first-order valence-corrected chi connectivity index (χ1v) is 16.9. The minimum absolute atomic E-state index is 0.0796. The van der Waals surface area contributed by atoms with Gasteiger partial charge < -0.3 is 40.5 Å². The number of carbonyl (C=O) groups is 2. The van der Waals surface area contributed by atoms with Crippen molar-refractivity contribution in [3.63, 3.8) is 0 Å². The lowest BCUT2D eigenvalue weighted by molar-refractivity contribution is -0.106. The van der Waals surface area contributed by atoms with E-state index in [4.69, 9.17) is 34.2 Å². The maximum absolute atomic E-state index is 12.2. The van der Waals surface area contributed by atoms with Gasteiger partial charge in [-0.05, 0) is 37.5 Å². The van der Waals surface area contributed by atoms with Crippen molar-refractivity contribution in [1.82, 2.24) is 5.32 Å². The molecule has 0 saturated heterocycles. The van der Waals surface area contributed by atoms with Gasteiger partial charge in [0.2, 0.25) is 6.41 Å². The Bertz CT molecular complexity index is 905. The Morgan fingerprint density at radius 1 is 1.02 bits per heavy atom. The minimum Gasteiger partial charge on any atom is -0.490 e. The van der Waals surface area contributed by atoms with Crippen molar-refractivity contribution < 1.29 is 33.3 Å². The van der Waals surface area contributed by atoms with Crippen LogP contribution in [0.3, 0.4) is 0 Å². The summed E-state index contributed by atoms with van der Waals surface area (Å²) in [5.41, 5.74) is 9.98. The Morgan fingerprint density at radius 3 is 2.33 bits per heavy atom. The number of unbranched alkanes of at least 4 members (excludes halogenated alkanes) is 2. The highest BCUT2D eigenvalue weighted by Gasteiger charge is 2.18. The van der Waals surface area contributed by atoms with Crippen LogP contribution in [0.15, 0.2) is 24.3 Å². The molecular formula is C31H53N3O7S2. The fourth-order valence-corrected chi connectivity index (χ4v) is 5.19. The number of benzene rings is 1. The van der Waals surface area contributed by atoms with Crippen molar-refractivity contribution in [3.05, 3.63) is 29.8 Å². The van der Waals surface area contributed by atoms with Gasteiger partial charge in [-0.25, -0.2) is 0 Å². The average Bonchev–Trinajstić information content (AvgIpc) is 2.96. The van der Waals surface area contributed by atoms with Crippen molar-refractivity contribution in [1.29, 1.82) is 0 Å². The molecule has 0 aliphatic carbocycles. The molecule has 1 unspecified atom stereocenters. The molecule has 0 spiro atoms. The summed E-state index contributed by atoms with van der Waals surface area (Å²) < 4.78 is 28.9. The molecule has 10 nitrogen and oxygen atoms in total. The van der Waals surface area contributed by atoms with Gasteiger partial charge in [-0.2, -0.15) is 0 Å². The largest absolute Gasteiger partial charge is 0.490 e. The molecule has 1 atom stereocenters. The van der Waals surface area contributed by atoms with Crippen LogP contribution >= 0.6 is 21.6 Å². The third kappa shape index (κ3) is 27.3. The van der Waals surface area contributed by atoms with Crippen LogP contribution in [0, 0.1) is 17.8 Å². The molecule has 0 bridgehead atoms. The van der Waals surface area contributed by atoms with Gasteiger partial charge in [0, 0.05) is 42.5 Å². The summed E-state index contributed by atoms with van der Waals surface area (Å²) in [5, 5.41) is 2.77. The summed E-state index contributed by atoms with van der Waals surface area (Å²) in [4.78, 5) is 20.8. The molecule has 1 aromatic carbocycles. The van der Waals surface area contributed by atoms with E-state index >= 15 is 0 Å². The highest BCUT2D eigenvalue weighted by molar-refractivity contribution is 8.77. The topological polar surface area (TPSA) is 144 Å². The van der Waals surface area contributed by atoms with E-state index in [-0.39, 0.29) is 22.5 Å². The smallest absolute Gasteiger partial charge is 0.251 e. The quantitative estimate of drug-likeness (QED) is 0.0551. The Balaban J connectivity index is 0.00000562. The maximum atomic E-state index is 12.2. The van der Waals surface area contributed by atoms with E-state index in [9.17, 15) is 4.79 Å². The zero-order valence-corrected chi connectivity index (χ0v) is 28.2. The molecular weight excluding hydrogens is 590 g/mol. The summed E-state index contributed by atoms with van der Waals surface area (Å²) in [6.07, 6.45) is 3.36. The van der Waals surface area contributed by atoms with E-state index in [2.05, 4.69) is 57.5 Å². The first-order chi connectivity index (χ1) is 20.6. The highest BCUT2D eigenvalue weighted by atomic mass is 33.1. The number of carbonyl (C=O) groups excluding carboxylic acids is 2. The van der Waals surface area contributed by atoms with E-state index in [1.165, 1.54) is 0 Å². The monoisotopic (exact) mass is 643 g/mol. The minimum atomic E-state index is -0.190. The number of rotatable bonds is 22. The molecule has 1 aromatic rings. The number of nitrogens with one attached hydrogen (secondary N) is 1. The Kier molecular flexibility index (Phi) is 26.3. The lowest BCUT2D eigenvalue weighted by atomic mass is 10.2. The highest BCUT2D eigenvalue weighted by Crippen LogP contribution is 2.38. The third-order valence-electron chi connectivity index (χ3n) is 4.86. The van der Waals surface area contributed by atoms with Crippen molar-refractivity contribution in [2.45, 2.75) is 64.1 Å². The van der Waals surface area contributed by atoms with Gasteiger partial charge >= 0.3 is 0 Å². The van der Waals surface area contributed by atoms with Crippen LogP contribution in [0.5, 0.6) is 5.75 Å². The predicted molar refractivity (Wildman–Crippen MR) is 177 cm³/mol. The van der Waals surface area contributed by atoms with Crippen molar-refractivity contribution >= 4 is 33.9 Å². The van der Waals surface area contributed by atoms with Crippen molar-refractivity contribution in [2.24, 2.45) is 17.4 Å². The van der Waals surface area contributed by atoms with E-state index < -0.39 is 0 Å². The van der Waals surface area contributed by atoms with Crippen LogP contribution < -0.4 is 21.5 Å². The molecule has 0 aromatic heterocycles. The van der Waals surface area contributed by atoms with Crippen LogP contribution in [0.25, 0.3) is 0 Å². The first-order valence-electron chi connectivity index (χ1n) is 14.7. The van der Waals surface area contributed by atoms with Crippen LogP contribution in [0.2, 0.25) is 0 Å². The molecule has 2 amide bonds. The molecule has 0 aliphatic heterocycles. The Labute approximate surface area is 266 Å². The second kappa shape index (κ2) is 27.6. The second-order valence-electron chi connectivity index (χ2n) is 10.4. The van der Waals surface area contributed by atoms with E-state index in [1.807, 2.05) is 6.07 Å². The predicted octanol–water partition coefficient (Wildman–Crippen LogP) is 4.26. The van der Waals surface area contributed by atoms with Gasteiger partial charge in [-0.15, -0.1) is 0 Å². The van der Waals surface area contributed by atoms with E-state index in [1.54, 1.807) is 39.8 Å². The van der Waals surface area contributed by atoms with Crippen LogP contribution in [0.1, 0.15) is 64.2 Å². The van der Waals surface area contributed by atoms with Crippen LogP contribution in [0.4, 0.5) is 0 Å². The Morgan fingerprint density at radius 2 is 1.67 bits per heavy atom. The zero-order valence-electron chi connectivity index (χ0n) is 26.6. The van der Waals surface area contributed by atoms with Crippen molar-refractivity contribution in [3.8, 4) is 17.6 Å². The molecule has 5 N–H and O–H groups in total. The lowest BCUT2D eigenvalue weighted by Gasteiger charge is -2.22. The first kappa shape index (κ1) is 41.0.